The molecule has 0 bridgehead atoms. The van der Waals surface area contributed by atoms with E-state index >= 15 is 0 Å². The van der Waals surface area contributed by atoms with Crippen LogP contribution in [0.25, 0.3) is 11.3 Å². The van der Waals surface area contributed by atoms with Gasteiger partial charge in [0.05, 0.1) is 18.6 Å². The highest BCUT2D eigenvalue weighted by Gasteiger charge is 2.19. The quantitative estimate of drug-likeness (QED) is 0.619. The number of benzene rings is 1. The molecule has 3 rings (SSSR count). The Hall–Kier alpha value is -2.47. The molecule has 0 spiro atoms. The van der Waals surface area contributed by atoms with Gasteiger partial charge in [-0.25, -0.2) is 4.98 Å². The van der Waals surface area contributed by atoms with Gasteiger partial charge in [0.2, 0.25) is 0 Å². The van der Waals surface area contributed by atoms with Crippen molar-refractivity contribution in [2.24, 2.45) is 0 Å². The highest BCUT2D eigenvalue weighted by molar-refractivity contribution is 5.62. The molecule has 0 fully saturated rings. The van der Waals surface area contributed by atoms with Crippen molar-refractivity contribution in [3.8, 4) is 11.3 Å². The second-order valence-corrected chi connectivity index (χ2v) is 6.20. The maximum absolute atomic E-state index is 5.20. The van der Waals surface area contributed by atoms with Crippen LogP contribution in [0.5, 0.6) is 0 Å². The minimum atomic E-state index is 0.325. The molecule has 6 heteroatoms. The van der Waals surface area contributed by atoms with Crippen LogP contribution in [0.2, 0.25) is 0 Å². The van der Waals surface area contributed by atoms with Crippen molar-refractivity contribution in [2.75, 3.05) is 7.11 Å². The summed E-state index contributed by atoms with van der Waals surface area (Å²) in [4.78, 5) is 9.05. The Balaban J connectivity index is 1.93. The number of rotatable bonds is 8. The molecule has 2 heterocycles. The fourth-order valence-electron chi connectivity index (χ4n) is 3.11. The van der Waals surface area contributed by atoms with Crippen molar-refractivity contribution in [3.63, 3.8) is 0 Å². The fraction of sp³-hybridized carbons (Fsp3) is 0.421. The van der Waals surface area contributed by atoms with E-state index in [1.165, 1.54) is 5.69 Å². The summed E-state index contributed by atoms with van der Waals surface area (Å²) < 4.78 is 12.4. The zero-order chi connectivity index (χ0) is 17.6. The molecule has 0 amide bonds. The lowest BCUT2D eigenvalue weighted by atomic mass is 9.97. The molecule has 0 aliphatic carbocycles. The number of imidazole rings is 1. The molecule has 2 aromatic heterocycles. The van der Waals surface area contributed by atoms with E-state index in [0.717, 1.165) is 24.1 Å². The molecule has 1 aromatic carbocycles. The number of methoxy groups -OCH3 is 1. The number of nitrogens with zero attached hydrogens (tertiary/aromatic N) is 4. The average molecular weight is 340 g/mol. The van der Waals surface area contributed by atoms with Gasteiger partial charge in [0.1, 0.15) is 6.61 Å². The predicted octanol–water partition coefficient (Wildman–Crippen LogP) is 4.03. The Bertz CT molecular complexity index is 795. The first-order valence-electron chi connectivity index (χ1n) is 8.63. The maximum Gasteiger partial charge on any atom is 0.252 e. The lowest BCUT2D eigenvalue weighted by Gasteiger charge is -2.15. The molecule has 25 heavy (non-hydrogen) atoms. The highest BCUT2D eigenvalue weighted by atomic mass is 16.5. The molecule has 1 atom stereocenters. The Morgan fingerprint density at radius 1 is 1.24 bits per heavy atom. The molecular weight excluding hydrogens is 316 g/mol. The summed E-state index contributed by atoms with van der Waals surface area (Å²) in [6, 6.07) is 10.3. The van der Waals surface area contributed by atoms with Crippen LogP contribution in [0.15, 0.2) is 41.2 Å². The normalized spacial score (nSPS) is 12.4. The lowest BCUT2D eigenvalue weighted by molar-refractivity contribution is 0.151. The zero-order valence-corrected chi connectivity index (χ0v) is 15.0. The second-order valence-electron chi connectivity index (χ2n) is 6.20. The zero-order valence-electron chi connectivity index (χ0n) is 15.0. The first-order chi connectivity index (χ1) is 12.2. The van der Waals surface area contributed by atoms with Gasteiger partial charge in [-0.1, -0.05) is 55.8 Å². The summed E-state index contributed by atoms with van der Waals surface area (Å²) in [5.74, 6) is 1.52. The first-order valence-corrected chi connectivity index (χ1v) is 8.63. The summed E-state index contributed by atoms with van der Waals surface area (Å²) in [5.41, 5.74) is 3.38. The van der Waals surface area contributed by atoms with Crippen LogP contribution in [0.1, 0.15) is 50.0 Å². The molecular formula is C19H24N4O2. The number of hydrogen-bond acceptors (Lipinski definition) is 5. The molecule has 6 nitrogen and oxygen atoms in total. The van der Waals surface area contributed by atoms with Crippen LogP contribution < -0.4 is 0 Å². The van der Waals surface area contributed by atoms with Crippen molar-refractivity contribution in [2.45, 2.75) is 45.8 Å². The smallest absolute Gasteiger partial charge is 0.252 e. The van der Waals surface area contributed by atoms with Crippen LogP contribution in [-0.4, -0.2) is 26.8 Å². The van der Waals surface area contributed by atoms with Crippen molar-refractivity contribution < 1.29 is 9.26 Å². The SMILES string of the molecule is CCCC(C)c1c(-c2ccccc2)ncn1Cc1noc(COC)n1. The molecule has 0 saturated carbocycles. The van der Waals surface area contributed by atoms with Crippen LogP contribution in [0, 0.1) is 0 Å². The third-order valence-electron chi connectivity index (χ3n) is 4.20. The van der Waals surface area contributed by atoms with Gasteiger partial charge in [-0.15, -0.1) is 0 Å². The van der Waals surface area contributed by atoms with Gasteiger partial charge in [-0.05, 0) is 12.3 Å². The summed E-state index contributed by atoms with van der Waals surface area (Å²) in [5, 5.41) is 4.04. The lowest BCUT2D eigenvalue weighted by Crippen LogP contribution is -2.08. The largest absolute Gasteiger partial charge is 0.375 e. The Morgan fingerprint density at radius 2 is 2.04 bits per heavy atom. The minimum absolute atomic E-state index is 0.325. The Kier molecular flexibility index (Phi) is 5.60. The molecule has 0 saturated heterocycles. The van der Waals surface area contributed by atoms with Gasteiger partial charge in [-0.3, -0.25) is 0 Å². The van der Waals surface area contributed by atoms with Gasteiger partial charge in [0.25, 0.3) is 5.89 Å². The summed E-state index contributed by atoms with van der Waals surface area (Å²) in [6.45, 7) is 5.31. The molecule has 1 unspecified atom stereocenters. The Labute approximate surface area is 147 Å². The van der Waals surface area contributed by atoms with Crippen LogP contribution in [0.3, 0.4) is 0 Å². The molecule has 0 aliphatic rings. The standard InChI is InChI=1S/C19H24N4O2/c1-4-8-14(2)19-18(15-9-6-5-7-10-15)20-13-23(19)11-16-21-17(12-24-3)25-22-16/h5-7,9-10,13-14H,4,8,11-12H2,1-3H3. The van der Waals surface area contributed by atoms with Gasteiger partial charge in [0, 0.05) is 18.4 Å². The van der Waals surface area contributed by atoms with Crippen molar-refractivity contribution in [1.29, 1.82) is 0 Å². The average Bonchev–Trinajstić information content (AvgIpc) is 3.24. The van der Waals surface area contributed by atoms with Crippen LogP contribution >= 0.6 is 0 Å². The van der Waals surface area contributed by atoms with Crippen molar-refractivity contribution in [1.82, 2.24) is 19.7 Å². The van der Waals surface area contributed by atoms with E-state index in [1.807, 2.05) is 24.5 Å². The Morgan fingerprint density at radius 3 is 2.76 bits per heavy atom. The van der Waals surface area contributed by atoms with Crippen LogP contribution in [0.4, 0.5) is 0 Å². The van der Waals surface area contributed by atoms with E-state index < -0.39 is 0 Å². The third kappa shape index (κ3) is 3.96. The monoisotopic (exact) mass is 340 g/mol. The number of aromatic nitrogens is 4. The molecule has 132 valence electrons. The predicted molar refractivity (Wildman–Crippen MR) is 95.1 cm³/mol. The molecule has 0 radical (unpaired) electrons. The van der Waals surface area contributed by atoms with Gasteiger partial charge in [-0.2, -0.15) is 4.98 Å². The number of hydrogen-bond donors (Lipinski definition) is 0. The number of ether oxygens (including phenoxy) is 1. The van der Waals surface area contributed by atoms with E-state index in [2.05, 4.69) is 45.7 Å². The van der Waals surface area contributed by atoms with E-state index in [4.69, 9.17) is 9.26 Å². The van der Waals surface area contributed by atoms with E-state index in [0.29, 0.717) is 30.8 Å². The van der Waals surface area contributed by atoms with Gasteiger partial charge < -0.3 is 13.8 Å². The molecule has 0 N–H and O–H groups in total. The summed E-state index contributed by atoms with van der Waals surface area (Å²) in [6.07, 6.45) is 4.10. The van der Waals surface area contributed by atoms with E-state index in [9.17, 15) is 0 Å². The van der Waals surface area contributed by atoms with Gasteiger partial charge >= 0.3 is 0 Å². The fourth-order valence-corrected chi connectivity index (χ4v) is 3.11. The van der Waals surface area contributed by atoms with Gasteiger partial charge in [0.15, 0.2) is 5.82 Å². The van der Waals surface area contributed by atoms with Crippen LogP contribution in [-0.2, 0) is 17.9 Å². The minimum Gasteiger partial charge on any atom is -0.375 e. The maximum atomic E-state index is 5.20. The topological polar surface area (TPSA) is 66.0 Å². The van der Waals surface area contributed by atoms with Crippen molar-refractivity contribution in [3.05, 3.63) is 54.1 Å². The van der Waals surface area contributed by atoms with E-state index in [1.54, 1.807) is 7.11 Å². The summed E-state index contributed by atoms with van der Waals surface area (Å²) in [7, 11) is 1.61. The first kappa shape index (κ1) is 17.4. The third-order valence-corrected chi connectivity index (χ3v) is 4.20. The van der Waals surface area contributed by atoms with E-state index in [-0.39, 0.29) is 0 Å². The summed E-state index contributed by atoms with van der Waals surface area (Å²) >= 11 is 0. The highest BCUT2D eigenvalue weighted by Crippen LogP contribution is 2.31. The molecule has 3 aromatic rings. The second kappa shape index (κ2) is 8.07. The van der Waals surface area contributed by atoms with Crippen molar-refractivity contribution >= 4 is 0 Å². The molecule has 0 aliphatic heterocycles.